The summed E-state index contributed by atoms with van der Waals surface area (Å²) in [5.74, 6) is 1.38. The van der Waals surface area contributed by atoms with Gasteiger partial charge in [0.1, 0.15) is 5.69 Å². The molecule has 3 aromatic carbocycles. The number of aromatic nitrogens is 3. The number of benzene rings is 3. The number of ether oxygens (including phenoxy) is 3. The lowest BCUT2D eigenvalue weighted by molar-refractivity contribution is -0.383. The van der Waals surface area contributed by atoms with Gasteiger partial charge >= 0.3 is 0 Å². The Bertz CT molecular complexity index is 1400. The van der Waals surface area contributed by atoms with E-state index < -0.39 is 10.8 Å². The molecule has 4 aromatic rings. The molecule has 0 aliphatic carbocycles. The lowest BCUT2D eigenvalue weighted by Gasteiger charge is -2.15. The number of amides is 1. The number of para-hydroxylation sites is 3. The second kappa shape index (κ2) is 11.4. The molecule has 1 heterocycles. The Morgan fingerprint density at radius 3 is 2.24 bits per heavy atom. The van der Waals surface area contributed by atoms with Crippen molar-refractivity contribution in [3.05, 3.63) is 76.8 Å². The molecule has 0 aliphatic heterocycles. The number of nitrogens with one attached hydrogen (secondary N) is 1. The Labute approximate surface area is 216 Å². The number of hydrogen-bond acceptors (Lipinski definition) is 9. The van der Waals surface area contributed by atoms with Crippen molar-refractivity contribution < 1.29 is 23.9 Å². The Morgan fingerprint density at radius 1 is 0.973 bits per heavy atom. The van der Waals surface area contributed by atoms with Gasteiger partial charge in [-0.2, -0.15) is 0 Å². The molecule has 0 spiro atoms. The molecule has 0 saturated carbocycles. The van der Waals surface area contributed by atoms with E-state index in [0.717, 1.165) is 17.4 Å². The van der Waals surface area contributed by atoms with Gasteiger partial charge in [0.15, 0.2) is 22.5 Å². The van der Waals surface area contributed by atoms with Gasteiger partial charge in [0.05, 0.1) is 32.0 Å². The second-order valence-corrected chi connectivity index (χ2v) is 8.44. The Morgan fingerprint density at radius 2 is 1.62 bits per heavy atom. The van der Waals surface area contributed by atoms with E-state index in [1.807, 2.05) is 34.9 Å². The summed E-state index contributed by atoms with van der Waals surface area (Å²) in [5.41, 5.74) is 1.37. The van der Waals surface area contributed by atoms with Gasteiger partial charge in [0.25, 0.3) is 5.69 Å². The van der Waals surface area contributed by atoms with Crippen LogP contribution in [0, 0.1) is 10.1 Å². The number of carbonyl (C=O) groups excluding carboxylic acids is 1. The number of thioether (sulfide) groups is 1. The fraction of sp³-hybridized carbons (Fsp3) is 0.160. The Kier molecular flexibility index (Phi) is 7.89. The van der Waals surface area contributed by atoms with Crippen molar-refractivity contribution >= 4 is 29.0 Å². The third kappa shape index (κ3) is 5.48. The average molecular weight is 522 g/mol. The van der Waals surface area contributed by atoms with E-state index in [2.05, 4.69) is 15.5 Å². The van der Waals surface area contributed by atoms with Gasteiger partial charge in [-0.15, -0.1) is 10.2 Å². The first-order valence-corrected chi connectivity index (χ1v) is 11.9. The minimum atomic E-state index is -0.543. The lowest BCUT2D eigenvalue weighted by Crippen LogP contribution is -2.15. The van der Waals surface area contributed by atoms with Gasteiger partial charge in [0.2, 0.25) is 11.7 Å². The smallest absolute Gasteiger partial charge is 0.292 e. The van der Waals surface area contributed by atoms with Crippen LogP contribution in [0.5, 0.6) is 17.2 Å². The highest BCUT2D eigenvalue weighted by atomic mass is 32.2. The van der Waals surface area contributed by atoms with Crippen LogP contribution in [-0.4, -0.2) is 52.7 Å². The Hall–Kier alpha value is -4.58. The minimum Gasteiger partial charge on any atom is -0.493 e. The molecule has 0 aliphatic rings. The van der Waals surface area contributed by atoms with Gasteiger partial charge in [-0.1, -0.05) is 42.1 Å². The molecule has 190 valence electrons. The van der Waals surface area contributed by atoms with Crippen LogP contribution in [0.3, 0.4) is 0 Å². The summed E-state index contributed by atoms with van der Waals surface area (Å²) in [5, 5.41) is 23.0. The van der Waals surface area contributed by atoms with Crippen LogP contribution in [0.2, 0.25) is 0 Å². The molecule has 12 heteroatoms. The zero-order valence-electron chi connectivity index (χ0n) is 20.2. The third-order valence-corrected chi connectivity index (χ3v) is 6.21. The first kappa shape index (κ1) is 25.5. The topological polar surface area (TPSA) is 131 Å². The molecule has 4 rings (SSSR count). The first-order valence-electron chi connectivity index (χ1n) is 10.9. The van der Waals surface area contributed by atoms with Gasteiger partial charge in [-0.05, 0) is 30.3 Å². The molecule has 0 atom stereocenters. The quantitative estimate of drug-likeness (QED) is 0.181. The molecule has 0 bridgehead atoms. The molecule has 1 aromatic heterocycles. The Balaban J connectivity index is 1.67. The molecule has 1 amide bonds. The number of hydrogen-bond donors (Lipinski definition) is 1. The largest absolute Gasteiger partial charge is 0.493 e. The first-order chi connectivity index (χ1) is 18.0. The summed E-state index contributed by atoms with van der Waals surface area (Å²) in [6.45, 7) is 0. The summed E-state index contributed by atoms with van der Waals surface area (Å²) in [6, 6.07) is 18.9. The molecular weight excluding hydrogens is 498 g/mol. The highest BCUT2D eigenvalue weighted by Gasteiger charge is 2.22. The summed E-state index contributed by atoms with van der Waals surface area (Å²) in [4.78, 5) is 23.4. The van der Waals surface area contributed by atoms with E-state index in [1.54, 1.807) is 18.2 Å². The third-order valence-electron chi connectivity index (χ3n) is 5.28. The fourth-order valence-corrected chi connectivity index (χ4v) is 4.38. The number of nitro benzene ring substituents is 1. The van der Waals surface area contributed by atoms with E-state index in [9.17, 15) is 14.9 Å². The van der Waals surface area contributed by atoms with E-state index in [1.165, 1.54) is 39.5 Å². The maximum atomic E-state index is 12.7. The highest BCUT2D eigenvalue weighted by Crippen LogP contribution is 2.41. The predicted molar refractivity (Wildman–Crippen MR) is 139 cm³/mol. The number of anilines is 1. The van der Waals surface area contributed by atoms with Crippen molar-refractivity contribution in [1.29, 1.82) is 0 Å². The normalized spacial score (nSPS) is 10.6. The number of rotatable bonds is 10. The van der Waals surface area contributed by atoms with E-state index in [4.69, 9.17) is 14.2 Å². The summed E-state index contributed by atoms with van der Waals surface area (Å²) in [6.07, 6.45) is 0. The molecule has 1 N–H and O–H groups in total. The zero-order valence-corrected chi connectivity index (χ0v) is 21.0. The molecule has 0 unspecified atom stereocenters. The van der Waals surface area contributed by atoms with E-state index in [-0.39, 0.29) is 17.1 Å². The van der Waals surface area contributed by atoms with Gasteiger partial charge < -0.3 is 19.5 Å². The van der Waals surface area contributed by atoms with Gasteiger partial charge in [0, 0.05) is 17.3 Å². The van der Waals surface area contributed by atoms with E-state index >= 15 is 0 Å². The summed E-state index contributed by atoms with van der Waals surface area (Å²) in [7, 11) is 4.58. The van der Waals surface area contributed by atoms with Crippen LogP contribution in [0.4, 0.5) is 11.4 Å². The highest BCUT2D eigenvalue weighted by molar-refractivity contribution is 7.99. The van der Waals surface area contributed by atoms with Gasteiger partial charge in [-0.25, -0.2) is 0 Å². The van der Waals surface area contributed by atoms with Gasteiger partial charge in [-0.3, -0.25) is 19.5 Å². The maximum absolute atomic E-state index is 12.7. The molecule has 0 fully saturated rings. The predicted octanol–water partition coefficient (Wildman–Crippen LogP) is 4.60. The van der Waals surface area contributed by atoms with Crippen molar-refractivity contribution in [3.63, 3.8) is 0 Å². The fourth-order valence-electron chi connectivity index (χ4n) is 3.63. The standard InChI is InChI=1S/C25H23N5O6S/c1-34-20-13-16(14-21(35-2)23(20)36-3)24-27-28-25(29(24)17-9-5-4-6-10-17)37-15-22(31)26-18-11-7-8-12-19(18)30(32)33/h4-14H,15H2,1-3H3,(H,26,31). The van der Waals surface area contributed by atoms with Crippen LogP contribution >= 0.6 is 11.8 Å². The minimum absolute atomic E-state index is 0.0493. The van der Waals surface area contributed by atoms with Crippen LogP contribution in [0.25, 0.3) is 17.1 Å². The molecule has 0 radical (unpaired) electrons. The van der Waals surface area contributed by atoms with Crippen molar-refractivity contribution in [2.75, 3.05) is 32.4 Å². The monoisotopic (exact) mass is 521 g/mol. The summed E-state index contributed by atoms with van der Waals surface area (Å²) >= 11 is 1.15. The van der Waals surface area contributed by atoms with Crippen molar-refractivity contribution in [2.45, 2.75) is 5.16 Å². The lowest BCUT2D eigenvalue weighted by atomic mass is 10.1. The molecular formula is C25H23N5O6S. The number of methoxy groups -OCH3 is 3. The molecule has 0 saturated heterocycles. The van der Waals surface area contributed by atoms with Crippen LogP contribution in [0.15, 0.2) is 71.9 Å². The molecule has 37 heavy (non-hydrogen) atoms. The SMILES string of the molecule is COc1cc(-c2nnc(SCC(=O)Nc3ccccc3[N+](=O)[O-])n2-c2ccccc2)cc(OC)c1OC. The maximum Gasteiger partial charge on any atom is 0.292 e. The van der Waals surface area contributed by atoms with Crippen LogP contribution < -0.4 is 19.5 Å². The van der Waals surface area contributed by atoms with Crippen molar-refractivity contribution in [1.82, 2.24) is 14.8 Å². The molecule has 11 nitrogen and oxygen atoms in total. The second-order valence-electron chi connectivity index (χ2n) is 7.50. The number of carbonyl (C=O) groups is 1. The number of nitro groups is 1. The van der Waals surface area contributed by atoms with Crippen LogP contribution in [0.1, 0.15) is 0 Å². The van der Waals surface area contributed by atoms with Crippen molar-refractivity contribution in [2.24, 2.45) is 0 Å². The summed E-state index contributed by atoms with van der Waals surface area (Å²) < 4.78 is 18.2. The zero-order chi connectivity index (χ0) is 26.4. The number of nitrogens with zero attached hydrogens (tertiary/aromatic N) is 4. The average Bonchev–Trinajstić information content (AvgIpc) is 3.35. The van der Waals surface area contributed by atoms with Crippen LogP contribution in [-0.2, 0) is 4.79 Å². The van der Waals surface area contributed by atoms with Crippen molar-refractivity contribution in [3.8, 4) is 34.3 Å². The van der Waals surface area contributed by atoms with E-state index in [0.29, 0.717) is 33.8 Å².